The van der Waals surface area contributed by atoms with Gasteiger partial charge in [-0.3, -0.25) is 0 Å². The molecule has 0 radical (unpaired) electrons. The van der Waals surface area contributed by atoms with Gasteiger partial charge in [-0.15, -0.1) is 11.8 Å². The van der Waals surface area contributed by atoms with Gasteiger partial charge in [-0.05, 0) is 42.6 Å². The molecule has 0 spiro atoms. The van der Waals surface area contributed by atoms with E-state index in [-0.39, 0.29) is 11.2 Å². The van der Waals surface area contributed by atoms with Gasteiger partial charge in [0.25, 0.3) is 0 Å². The average Bonchev–Trinajstić information content (AvgIpc) is 2.16. The van der Waals surface area contributed by atoms with Crippen molar-refractivity contribution < 1.29 is 4.39 Å². The van der Waals surface area contributed by atoms with E-state index in [1.807, 2.05) is 13.0 Å². The molecule has 2 N–H and O–H groups in total. The second-order valence-corrected chi connectivity index (χ2v) is 5.58. The predicted octanol–water partition coefficient (Wildman–Crippen LogP) is 3.21. The van der Waals surface area contributed by atoms with E-state index in [0.717, 1.165) is 16.2 Å². The molecular weight excluding hydrogens is 209 g/mol. The summed E-state index contributed by atoms with van der Waals surface area (Å²) in [6, 6.07) is 4.91. The van der Waals surface area contributed by atoms with E-state index in [1.54, 1.807) is 17.8 Å². The molecule has 0 aromatic heterocycles. The number of rotatable bonds is 4. The van der Waals surface area contributed by atoms with Crippen molar-refractivity contribution in [2.75, 3.05) is 12.3 Å². The van der Waals surface area contributed by atoms with Crippen LogP contribution in [-0.4, -0.2) is 12.3 Å². The lowest BCUT2D eigenvalue weighted by Gasteiger charge is -2.21. The van der Waals surface area contributed by atoms with Crippen LogP contribution in [0.2, 0.25) is 0 Å². The van der Waals surface area contributed by atoms with E-state index >= 15 is 0 Å². The molecule has 0 aliphatic carbocycles. The van der Waals surface area contributed by atoms with Gasteiger partial charge in [0.15, 0.2) is 0 Å². The number of hydrogen-bond donors (Lipinski definition) is 1. The highest BCUT2D eigenvalue weighted by Crippen LogP contribution is 2.29. The van der Waals surface area contributed by atoms with Crippen LogP contribution in [0.5, 0.6) is 0 Å². The van der Waals surface area contributed by atoms with Gasteiger partial charge in [-0.25, -0.2) is 4.39 Å². The van der Waals surface area contributed by atoms with Crippen LogP contribution >= 0.6 is 11.8 Å². The summed E-state index contributed by atoms with van der Waals surface area (Å²) >= 11 is 1.74. The van der Waals surface area contributed by atoms with E-state index in [4.69, 9.17) is 5.73 Å². The Hall–Kier alpha value is -0.540. The minimum atomic E-state index is -0.171. The number of nitrogens with two attached hydrogens (primary N) is 1. The molecule has 84 valence electrons. The van der Waals surface area contributed by atoms with Gasteiger partial charge in [-0.2, -0.15) is 0 Å². The Balaban J connectivity index is 2.66. The van der Waals surface area contributed by atoms with E-state index in [2.05, 4.69) is 13.8 Å². The highest BCUT2D eigenvalue weighted by atomic mass is 32.2. The number of thioether (sulfide) groups is 1. The van der Waals surface area contributed by atoms with Crippen LogP contribution in [-0.2, 0) is 0 Å². The molecule has 0 heterocycles. The van der Waals surface area contributed by atoms with Crippen LogP contribution in [0.4, 0.5) is 4.39 Å². The third-order valence-electron chi connectivity index (χ3n) is 2.31. The van der Waals surface area contributed by atoms with Crippen molar-refractivity contribution in [2.24, 2.45) is 11.1 Å². The van der Waals surface area contributed by atoms with Crippen molar-refractivity contribution in [3.05, 3.63) is 29.6 Å². The van der Waals surface area contributed by atoms with Crippen LogP contribution in [0.1, 0.15) is 19.4 Å². The molecule has 1 aromatic rings. The van der Waals surface area contributed by atoms with Gasteiger partial charge in [0.05, 0.1) is 0 Å². The smallest absolute Gasteiger partial charge is 0.123 e. The maximum absolute atomic E-state index is 12.9. The number of benzene rings is 1. The molecule has 0 saturated heterocycles. The summed E-state index contributed by atoms with van der Waals surface area (Å²) in [6.07, 6.45) is 0. The molecule has 0 bridgehead atoms. The zero-order chi connectivity index (χ0) is 11.5. The van der Waals surface area contributed by atoms with Crippen molar-refractivity contribution in [3.63, 3.8) is 0 Å². The van der Waals surface area contributed by atoms with Crippen LogP contribution in [0, 0.1) is 18.2 Å². The number of halogens is 1. The standard InChI is InChI=1S/C12H18FNS/c1-9-6-10(13)4-5-11(9)15-8-12(2,3)7-14/h4-6H,7-8,14H2,1-3H3. The molecule has 1 aromatic carbocycles. The predicted molar refractivity (Wildman–Crippen MR) is 64.7 cm³/mol. The molecule has 0 amide bonds. The van der Waals surface area contributed by atoms with E-state index in [9.17, 15) is 4.39 Å². The van der Waals surface area contributed by atoms with Crippen molar-refractivity contribution in [1.82, 2.24) is 0 Å². The fraction of sp³-hybridized carbons (Fsp3) is 0.500. The topological polar surface area (TPSA) is 26.0 Å². The maximum atomic E-state index is 12.9. The van der Waals surface area contributed by atoms with E-state index < -0.39 is 0 Å². The molecule has 1 rings (SSSR count). The minimum absolute atomic E-state index is 0.130. The first-order valence-corrected chi connectivity index (χ1v) is 6.02. The lowest BCUT2D eigenvalue weighted by atomic mass is 9.97. The van der Waals surface area contributed by atoms with Gasteiger partial charge in [0.1, 0.15) is 5.82 Å². The minimum Gasteiger partial charge on any atom is -0.330 e. The third-order valence-corrected chi connectivity index (χ3v) is 4.00. The average molecular weight is 227 g/mol. The summed E-state index contributed by atoms with van der Waals surface area (Å²) in [5, 5.41) is 0. The quantitative estimate of drug-likeness (QED) is 0.799. The summed E-state index contributed by atoms with van der Waals surface area (Å²) in [5.41, 5.74) is 6.78. The van der Waals surface area contributed by atoms with Crippen LogP contribution in [0.3, 0.4) is 0 Å². The number of aryl methyl sites for hydroxylation is 1. The summed E-state index contributed by atoms with van der Waals surface area (Å²) < 4.78 is 12.9. The van der Waals surface area contributed by atoms with Crippen molar-refractivity contribution in [3.8, 4) is 0 Å². The molecule has 0 aliphatic heterocycles. The first-order chi connectivity index (χ1) is 6.94. The molecule has 3 heteroatoms. The lowest BCUT2D eigenvalue weighted by molar-refractivity contribution is 0.438. The largest absolute Gasteiger partial charge is 0.330 e. The first-order valence-electron chi connectivity index (χ1n) is 5.04. The Morgan fingerprint density at radius 1 is 1.40 bits per heavy atom. The molecule has 0 atom stereocenters. The fourth-order valence-corrected chi connectivity index (χ4v) is 2.22. The molecule has 0 unspecified atom stereocenters. The van der Waals surface area contributed by atoms with E-state index in [0.29, 0.717) is 6.54 Å². The van der Waals surface area contributed by atoms with Crippen molar-refractivity contribution in [2.45, 2.75) is 25.7 Å². The zero-order valence-electron chi connectivity index (χ0n) is 9.51. The van der Waals surface area contributed by atoms with Crippen LogP contribution in [0.15, 0.2) is 23.1 Å². The molecular formula is C12H18FNS. The summed E-state index contributed by atoms with van der Waals surface area (Å²) in [4.78, 5) is 1.14. The Morgan fingerprint density at radius 2 is 2.07 bits per heavy atom. The SMILES string of the molecule is Cc1cc(F)ccc1SCC(C)(C)CN. The van der Waals surface area contributed by atoms with Gasteiger partial charge in [-0.1, -0.05) is 13.8 Å². The summed E-state index contributed by atoms with van der Waals surface area (Å²) in [6.45, 7) is 6.87. The van der Waals surface area contributed by atoms with Gasteiger partial charge in [0.2, 0.25) is 0 Å². The molecule has 0 saturated carbocycles. The lowest BCUT2D eigenvalue weighted by Crippen LogP contribution is -2.25. The second-order valence-electron chi connectivity index (χ2n) is 4.57. The zero-order valence-corrected chi connectivity index (χ0v) is 10.3. The second kappa shape index (κ2) is 4.99. The van der Waals surface area contributed by atoms with Crippen LogP contribution in [0.25, 0.3) is 0 Å². The van der Waals surface area contributed by atoms with Gasteiger partial charge in [0, 0.05) is 10.6 Å². The Bertz CT molecular complexity index is 336. The molecule has 0 aliphatic rings. The van der Waals surface area contributed by atoms with Gasteiger partial charge < -0.3 is 5.73 Å². The Morgan fingerprint density at radius 3 is 2.60 bits per heavy atom. The highest BCUT2D eigenvalue weighted by Gasteiger charge is 2.16. The summed E-state index contributed by atoms with van der Waals surface area (Å²) in [7, 11) is 0. The third kappa shape index (κ3) is 3.84. The maximum Gasteiger partial charge on any atom is 0.123 e. The normalized spacial score (nSPS) is 11.8. The van der Waals surface area contributed by atoms with Gasteiger partial charge >= 0.3 is 0 Å². The van der Waals surface area contributed by atoms with Crippen molar-refractivity contribution >= 4 is 11.8 Å². The Labute approximate surface area is 95.2 Å². The molecule has 0 fully saturated rings. The number of hydrogen-bond acceptors (Lipinski definition) is 2. The fourth-order valence-electron chi connectivity index (χ4n) is 1.11. The van der Waals surface area contributed by atoms with Crippen molar-refractivity contribution in [1.29, 1.82) is 0 Å². The Kier molecular flexibility index (Phi) is 4.17. The van der Waals surface area contributed by atoms with E-state index in [1.165, 1.54) is 6.07 Å². The van der Waals surface area contributed by atoms with Crippen LogP contribution < -0.4 is 5.73 Å². The molecule has 1 nitrogen and oxygen atoms in total. The highest BCUT2D eigenvalue weighted by molar-refractivity contribution is 7.99. The first kappa shape index (κ1) is 12.5. The molecule has 15 heavy (non-hydrogen) atoms. The monoisotopic (exact) mass is 227 g/mol. The summed E-state index contributed by atoms with van der Waals surface area (Å²) in [5.74, 6) is 0.783.